The molecule has 4 unspecified atom stereocenters. The SMILES string of the molecule is CC(O)C(NC(=O)C(N)Cc1c[nH]c2ccccc12)C(=O)NC(CCCCN)C(=O)NCC(=O)O. The van der Waals surface area contributed by atoms with Crippen molar-refractivity contribution >= 4 is 34.6 Å². The first-order valence-corrected chi connectivity index (χ1v) is 11.4. The van der Waals surface area contributed by atoms with Gasteiger partial charge in [-0.05, 0) is 50.8 Å². The molecule has 192 valence electrons. The number of aliphatic hydroxyl groups is 1. The van der Waals surface area contributed by atoms with Crippen LogP contribution in [0.3, 0.4) is 0 Å². The summed E-state index contributed by atoms with van der Waals surface area (Å²) in [6.07, 6.45) is 1.98. The Morgan fingerprint density at radius 2 is 1.77 bits per heavy atom. The summed E-state index contributed by atoms with van der Waals surface area (Å²) in [6.45, 7) is 1.10. The zero-order chi connectivity index (χ0) is 26.0. The maximum atomic E-state index is 12.9. The number of aromatic nitrogens is 1. The number of carboxylic acids is 1. The van der Waals surface area contributed by atoms with Gasteiger partial charge in [0, 0.05) is 17.1 Å². The largest absolute Gasteiger partial charge is 0.480 e. The standard InChI is InChI=1S/C23H34N6O6/c1-13(30)20(23(35)28-18(8-4-5-9-24)22(34)27-12-19(31)32)29-21(33)16(25)10-14-11-26-17-7-3-2-6-15(14)17/h2-3,6-7,11,13,16,18,20,26,30H,4-5,8-10,12,24-25H2,1H3,(H,27,34)(H,28,35)(H,29,33)(H,31,32). The Labute approximate surface area is 202 Å². The Bertz CT molecular complexity index is 1020. The van der Waals surface area contributed by atoms with Gasteiger partial charge in [-0.1, -0.05) is 18.2 Å². The smallest absolute Gasteiger partial charge is 0.322 e. The molecule has 0 aliphatic heterocycles. The van der Waals surface area contributed by atoms with Crippen molar-refractivity contribution in [1.29, 1.82) is 0 Å². The summed E-state index contributed by atoms with van der Waals surface area (Å²) in [6, 6.07) is 4.11. The monoisotopic (exact) mass is 490 g/mol. The van der Waals surface area contributed by atoms with E-state index >= 15 is 0 Å². The lowest BCUT2D eigenvalue weighted by molar-refractivity contribution is -0.138. The summed E-state index contributed by atoms with van der Waals surface area (Å²) in [7, 11) is 0. The average Bonchev–Trinajstić information content (AvgIpc) is 3.22. The fourth-order valence-electron chi connectivity index (χ4n) is 3.60. The van der Waals surface area contributed by atoms with Crippen molar-refractivity contribution in [1.82, 2.24) is 20.9 Å². The second-order valence-electron chi connectivity index (χ2n) is 8.35. The number of carboxylic acid groups (broad SMARTS) is 1. The van der Waals surface area contributed by atoms with Crippen LogP contribution < -0.4 is 27.4 Å². The summed E-state index contributed by atoms with van der Waals surface area (Å²) in [5, 5.41) is 27.0. The van der Waals surface area contributed by atoms with Crippen molar-refractivity contribution in [3.63, 3.8) is 0 Å². The predicted molar refractivity (Wildman–Crippen MR) is 129 cm³/mol. The molecule has 0 aliphatic rings. The third-order valence-electron chi connectivity index (χ3n) is 5.51. The van der Waals surface area contributed by atoms with E-state index in [1.807, 2.05) is 24.3 Å². The third kappa shape index (κ3) is 8.35. The van der Waals surface area contributed by atoms with Gasteiger partial charge < -0.3 is 42.6 Å². The molecule has 1 aromatic heterocycles. The lowest BCUT2D eigenvalue weighted by atomic mass is 10.0. The van der Waals surface area contributed by atoms with Gasteiger partial charge in [0.05, 0.1) is 12.1 Å². The van der Waals surface area contributed by atoms with E-state index < -0.39 is 54.5 Å². The fourth-order valence-corrected chi connectivity index (χ4v) is 3.60. The van der Waals surface area contributed by atoms with E-state index in [0.29, 0.717) is 19.4 Å². The molecule has 12 heteroatoms. The van der Waals surface area contributed by atoms with Crippen LogP contribution in [-0.2, 0) is 25.6 Å². The molecule has 0 saturated heterocycles. The molecular weight excluding hydrogens is 456 g/mol. The number of aliphatic carboxylic acids is 1. The first-order chi connectivity index (χ1) is 16.6. The number of nitrogens with two attached hydrogens (primary N) is 2. The van der Waals surface area contributed by atoms with E-state index in [2.05, 4.69) is 20.9 Å². The highest BCUT2D eigenvalue weighted by Gasteiger charge is 2.31. The Morgan fingerprint density at radius 1 is 1.06 bits per heavy atom. The Kier molecular flexibility index (Phi) is 10.6. The van der Waals surface area contributed by atoms with Gasteiger partial charge in [-0.3, -0.25) is 19.2 Å². The number of aromatic amines is 1. The number of benzene rings is 1. The number of H-pyrrole nitrogens is 1. The lowest BCUT2D eigenvalue weighted by Crippen LogP contribution is -2.59. The molecule has 12 nitrogen and oxygen atoms in total. The molecule has 2 rings (SSSR count). The predicted octanol–water partition coefficient (Wildman–Crippen LogP) is -1.28. The summed E-state index contributed by atoms with van der Waals surface area (Å²) in [5.74, 6) is -3.37. The van der Waals surface area contributed by atoms with Gasteiger partial charge >= 0.3 is 5.97 Å². The molecule has 1 heterocycles. The lowest BCUT2D eigenvalue weighted by Gasteiger charge is -2.25. The van der Waals surface area contributed by atoms with Gasteiger partial charge in [0.2, 0.25) is 17.7 Å². The van der Waals surface area contributed by atoms with Gasteiger partial charge in [0.25, 0.3) is 0 Å². The number of amides is 3. The number of carbonyl (C=O) groups is 4. The van der Waals surface area contributed by atoms with E-state index in [1.54, 1.807) is 6.20 Å². The Balaban J connectivity index is 2.04. The molecule has 0 saturated carbocycles. The fraction of sp³-hybridized carbons (Fsp3) is 0.478. The molecule has 0 spiro atoms. The number of unbranched alkanes of at least 4 members (excludes halogenated alkanes) is 1. The zero-order valence-corrected chi connectivity index (χ0v) is 19.6. The molecule has 4 atom stereocenters. The number of carbonyl (C=O) groups excluding carboxylic acids is 3. The molecule has 0 aliphatic carbocycles. The van der Waals surface area contributed by atoms with Crippen LogP contribution in [0.4, 0.5) is 0 Å². The van der Waals surface area contributed by atoms with Crippen LogP contribution in [0.15, 0.2) is 30.5 Å². The summed E-state index contributed by atoms with van der Waals surface area (Å²) in [5.41, 5.74) is 13.3. The van der Waals surface area contributed by atoms with Crippen LogP contribution in [0, 0.1) is 0 Å². The van der Waals surface area contributed by atoms with Crippen molar-refractivity contribution in [3.8, 4) is 0 Å². The zero-order valence-electron chi connectivity index (χ0n) is 19.6. The Hall–Kier alpha value is -3.48. The van der Waals surface area contributed by atoms with Crippen LogP contribution in [-0.4, -0.2) is 76.2 Å². The summed E-state index contributed by atoms with van der Waals surface area (Å²) >= 11 is 0. The number of rotatable bonds is 14. The Morgan fingerprint density at radius 3 is 2.43 bits per heavy atom. The van der Waals surface area contributed by atoms with E-state index in [9.17, 15) is 24.3 Å². The molecule has 35 heavy (non-hydrogen) atoms. The topological polar surface area (TPSA) is 213 Å². The van der Waals surface area contributed by atoms with Crippen LogP contribution in [0.1, 0.15) is 31.7 Å². The van der Waals surface area contributed by atoms with Crippen LogP contribution in [0.25, 0.3) is 10.9 Å². The molecule has 0 radical (unpaired) electrons. The number of fused-ring (bicyclic) bond motifs is 1. The normalized spacial score (nSPS) is 14.5. The summed E-state index contributed by atoms with van der Waals surface area (Å²) < 4.78 is 0. The highest BCUT2D eigenvalue weighted by Crippen LogP contribution is 2.18. The minimum Gasteiger partial charge on any atom is -0.480 e. The van der Waals surface area contributed by atoms with Crippen molar-refractivity contribution < 1.29 is 29.4 Å². The maximum absolute atomic E-state index is 12.9. The highest BCUT2D eigenvalue weighted by atomic mass is 16.4. The second-order valence-corrected chi connectivity index (χ2v) is 8.35. The second kappa shape index (κ2) is 13.4. The number of para-hydroxylation sites is 1. The van der Waals surface area contributed by atoms with Crippen LogP contribution >= 0.6 is 0 Å². The van der Waals surface area contributed by atoms with E-state index in [1.165, 1.54) is 6.92 Å². The highest BCUT2D eigenvalue weighted by molar-refractivity contribution is 5.94. The molecular formula is C23H34N6O6. The number of hydrogen-bond acceptors (Lipinski definition) is 7. The van der Waals surface area contributed by atoms with Gasteiger partial charge in [-0.25, -0.2) is 0 Å². The van der Waals surface area contributed by atoms with Gasteiger partial charge in [0.1, 0.15) is 18.6 Å². The van der Waals surface area contributed by atoms with Crippen molar-refractivity contribution in [2.45, 2.75) is 56.8 Å². The van der Waals surface area contributed by atoms with E-state index in [-0.39, 0.29) is 12.8 Å². The van der Waals surface area contributed by atoms with Crippen LogP contribution in [0.2, 0.25) is 0 Å². The minimum atomic E-state index is -1.37. The first kappa shape index (κ1) is 27.8. The van der Waals surface area contributed by atoms with E-state index in [4.69, 9.17) is 16.6 Å². The molecule has 1 aromatic carbocycles. The third-order valence-corrected chi connectivity index (χ3v) is 5.51. The molecule has 0 bridgehead atoms. The molecule has 10 N–H and O–H groups in total. The molecule has 0 fully saturated rings. The van der Waals surface area contributed by atoms with E-state index in [0.717, 1.165) is 16.5 Å². The van der Waals surface area contributed by atoms with Crippen molar-refractivity contribution in [2.75, 3.05) is 13.1 Å². The quantitative estimate of drug-likeness (QED) is 0.149. The number of hydrogen-bond donors (Lipinski definition) is 8. The molecule has 3 amide bonds. The van der Waals surface area contributed by atoms with Crippen molar-refractivity contribution in [3.05, 3.63) is 36.0 Å². The van der Waals surface area contributed by atoms with Gasteiger partial charge in [-0.15, -0.1) is 0 Å². The summed E-state index contributed by atoms with van der Waals surface area (Å²) in [4.78, 5) is 51.9. The van der Waals surface area contributed by atoms with Crippen LogP contribution in [0.5, 0.6) is 0 Å². The minimum absolute atomic E-state index is 0.198. The number of nitrogens with one attached hydrogen (secondary N) is 4. The maximum Gasteiger partial charge on any atom is 0.322 e. The molecule has 2 aromatic rings. The van der Waals surface area contributed by atoms with Crippen molar-refractivity contribution in [2.24, 2.45) is 11.5 Å². The number of aliphatic hydroxyl groups excluding tert-OH is 1. The first-order valence-electron chi connectivity index (χ1n) is 11.4. The van der Waals surface area contributed by atoms with Gasteiger partial charge in [-0.2, -0.15) is 0 Å². The average molecular weight is 491 g/mol. The van der Waals surface area contributed by atoms with Gasteiger partial charge in [0.15, 0.2) is 0 Å².